The van der Waals surface area contributed by atoms with Gasteiger partial charge in [-0.3, -0.25) is 9.59 Å². The van der Waals surface area contributed by atoms with Crippen molar-refractivity contribution < 1.29 is 19.4 Å². The van der Waals surface area contributed by atoms with Gasteiger partial charge in [0.2, 0.25) is 0 Å². The smallest absolute Gasteiger partial charge is 0.295 e. The Morgan fingerprint density at radius 1 is 1.21 bits per heavy atom. The number of aliphatic hydroxyl groups is 1. The number of ketones is 1. The summed E-state index contributed by atoms with van der Waals surface area (Å²) < 4.78 is 6.45. The minimum atomic E-state index is -0.670. The second kappa shape index (κ2) is 10.8. The highest BCUT2D eigenvalue weighted by Crippen LogP contribution is 2.40. The van der Waals surface area contributed by atoms with Crippen LogP contribution in [-0.2, 0) is 9.59 Å². The summed E-state index contributed by atoms with van der Waals surface area (Å²) in [7, 11) is 3.93. The Bertz CT molecular complexity index is 1080. The van der Waals surface area contributed by atoms with Crippen molar-refractivity contribution in [3.05, 3.63) is 81.9 Å². The molecule has 1 aliphatic rings. The molecule has 0 saturated carbocycles. The van der Waals surface area contributed by atoms with Crippen molar-refractivity contribution >= 4 is 33.4 Å². The van der Waals surface area contributed by atoms with E-state index < -0.39 is 17.7 Å². The number of amides is 1. The number of carbonyl (C=O) groups is 2. The van der Waals surface area contributed by atoms with Crippen LogP contribution in [-0.4, -0.2) is 60.4 Å². The van der Waals surface area contributed by atoms with Crippen LogP contribution in [0.25, 0.3) is 5.76 Å². The Labute approximate surface area is 203 Å². The molecule has 33 heavy (non-hydrogen) atoms. The fourth-order valence-electron chi connectivity index (χ4n) is 3.95. The van der Waals surface area contributed by atoms with Gasteiger partial charge in [-0.05, 0) is 75.4 Å². The third-order valence-electron chi connectivity index (χ3n) is 5.55. The van der Waals surface area contributed by atoms with Crippen molar-refractivity contribution in [2.24, 2.45) is 0 Å². The third kappa shape index (κ3) is 5.54. The zero-order chi connectivity index (χ0) is 24.1. The van der Waals surface area contributed by atoms with E-state index in [1.54, 1.807) is 29.2 Å². The number of carbonyl (C=O) groups excluding carboxylic acids is 2. The summed E-state index contributed by atoms with van der Waals surface area (Å²) in [6, 6.07) is 12.0. The summed E-state index contributed by atoms with van der Waals surface area (Å²) in [6.45, 7) is 7.03. The molecule has 0 unspecified atom stereocenters. The maximum atomic E-state index is 13.1. The average molecular weight is 513 g/mol. The summed E-state index contributed by atoms with van der Waals surface area (Å²) in [4.78, 5) is 29.7. The molecule has 1 aliphatic heterocycles. The predicted octanol–water partition coefficient (Wildman–Crippen LogP) is 4.70. The molecule has 0 radical (unpaired) electrons. The van der Waals surface area contributed by atoms with E-state index in [2.05, 4.69) is 22.5 Å². The molecule has 1 N–H and O–H groups in total. The molecule has 0 aromatic heterocycles. The number of aryl methyl sites for hydroxylation is 1. The minimum absolute atomic E-state index is 0.107. The summed E-state index contributed by atoms with van der Waals surface area (Å²) in [5, 5.41) is 11.3. The molecule has 0 aliphatic carbocycles. The van der Waals surface area contributed by atoms with Crippen LogP contribution in [0.15, 0.2) is 65.2 Å². The molecule has 1 saturated heterocycles. The number of hydrogen-bond acceptors (Lipinski definition) is 5. The number of nitrogens with zero attached hydrogens (tertiary/aromatic N) is 2. The first-order valence-corrected chi connectivity index (χ1v) is 11.6. The van der Waals surface area contributed by atoms with Crippen molar-refractivity contribution in [2.45, 2.75) is 19.4 Å². The molecule has 1 amide bonds. The number of likely N-dealkylation sites (tertiary alicyclic amines) is 1. The van der Waals surface area contributed by atoms with Crippen LogP contribution in [0.2, 0.25) is 0 Å². The molecule has 1 heterocycles. The lowest BCUT2D eigenvalue weighted by molar-refractivity contribution is -0.139. The summed E-state index contributed by atoms with van der Waals surface area (Å²) in [5.74, 6) is -0.801. The molecule has 1 atom stereocenters. The van der Waals surface area contributed by atoms with Gasteiger partial charge in [0.25, 0.3) is 11.7 Å². The average Bonchev–Trinajstić information content (AvgIpc) is 3.02. The van der Waals surface area contributed by atoms with Gasteiger partial charge in [0.1, 0.15) is 18.1 Å². The van der Waals surface area contributed by atoms with E-state index in [0.29, 0.717) is 30.9 Å². The van der Waals surface area contributed by atoms with Crippen LogP contribution in [0.3, 0.4) is 0 Å². The van der Waals surface area contributed by atoms with Crippen LogP contribution < -0.4 is 4.74 Å². The van der Waals surface area contributed by atoms with E-state index in [9.17, 15) is 14.7 Å². The minimum Gasteiger partial charge on any atom is -0.507 e. The van der Waals surface area contributed by atoms with Crippen molar-refractivity contribution in [1.82, 2.24) is 9.80 Å². The van der Waals surface area contributed by atoms with E-state index in [-0.39, 0.29) is 11.3 Å². The predicted molar refractivity (Wildman–Crippen MR) is 133 cm³/mol. The lowest BCUT2D eigenvalue weighted by atomic mass is 9.94. The van der Waals surface area contributed by atoms with E-state index in [0.717, 1.165) is 22.1 Å². The van der Waals surface area contributed by atoms with Gasteiger partial charge in [-0.1, -0.05) is 40.7 Å². The second-order valence-corrected chi connectivity index (χ2v) is 9.19. The van der Waals surface area contributed by atoms with Gasteiger partial charge in [-0.15, -0.1) is 0 Å². The molecule has 0 bridgehead atoms. The molecule has 0 spiro atoms. The fraction of sp³-hybridized carbons (Fsp3) is 0.308. The van der Waals surface area contributed by atoms with Crippen LogP contribution >= 0.6 is 15.9 Å². The lowest BCUT2D eigenvalue weighted by Gasteiger charge is -2.26. The van der Waals surface area contributed by atoms with Crippen LogP contribution in [0.5, 0.6) is 5.75 Å². The number of rotatable bonds is 9. The Morgan fingerprint density at radius 3 is 2.52 bits per heavy atom. The topological polar surface area (TPSA) is 70.1 Å². The number of aliphatic hydroxyl groups excluding tert-OH is 1. The molecule has 174 valence electrons. The second-order valence-electron chi connectivity index (χ2n) is 8.28. The highest BCUT2D eigenvalue weighted by atomic mass is 79.9. The van der Waals surface area contributed by atoms with Crippen molar-refractivity contribution in [1.29, 1.82) is 0 Å². The van der Waals surface area contributed by atoms with Gasteiger partial charge in [0.05, 0.1) is 11.6 Å². The number of benzene rings is 2. The zero-order valence-electron chi connectivity index (χ0n) is 19.2. The molecule has 2 aromatic carbocycles. The van der Waals surface area contributed by atoms with Crippen LogP contribution in [0.1, 0.15) is 29.2 Å². The molecule has 3 rings (SSSR count). The third-order valence-corrected chi connectivity index (χ3v) is 6.08. The Balaban J connectivity index is 2.07. The SMILES string of the molecule is C=CCOc1ccc(C(O)=C2C(=O)C(=O)N(CCCN(C)C)[C@H]2c2ccc(Br)cc2)c(C)c1. The standard InChI is InChI=1S/C26H29BrN2O4/c1-5-15-33-20-11-12-21(17(2)16-20)24(30)22-23(18-7-9-19(27)10-8-18)29(26(32)25(22)31)14-6-13-28(3)4/h5,7-12,16,23,30H,1,6,13-15H2,2-4H3/t23-/m0/s1. The summed E-state index contributed by atoms with van der Waals surface area (Å²) in [5.41, 5.74) is 2.11. The molecular weight excluding hydrogens is 484 g/mol. The van der Waals surface area contributed by atoms with Crippen molar-refractivity contribution in [2.75, 3.05) is 33.8 Å². The maximum absolute atomic E-state index is 13.1. The highest BCUT2D eigenvalue weighted by Gasteiger charge is 2.45. The number of ether oxygens (including phenoxy) is 1. The Hall–Kier alpha value is -2.90. The van der Waals surface area contributed by atoms with Gasteiger partial charge in [0, 0.05) is 16.6 Å². The van der Waals surface area contributed by atoms with E-state index in [4.69, 9.17) is 4.74 Å². The highest BCUT2D eigenvalue weighted by molar-refractivity contribution is 9.10. The van der Waals surface area contributed by atoms with Gasteiger partial charge in [-0.2, -0.15) is 0 Å². The molecule has 6 nitrogen and oxygen atoms in total. The first-order chi connectivity index (χ1) is 15.7. The Kier molecular flexibility index (Phi) is 8.10. The first-order valence-electron chi connectivity index (χ1n) is 10.8. The van der Waals surface area contributed by atoms with Gasteiger partial charge >= 0.3 is 0 Å². The molecular formula is C26H29BrN2O4. The summed E-state index contributed by atoms with van der Waals surface area (Å²) in [6.07, 6.45) is 2.36. The maximum Gasteiger partial charge on any atom is 0.295 e. The largest absolute Gasteiger partial charge is 0.507 e. The zero-order valence-corrected chi connectivity index (χ0v) is 20.8. The number of hydrogen-bond donors (Lipinski definition) is 1. The molecule has 1 fully saturated rings. The normalized spacial score (nSPS) is 17.6. The van der Waals surface area contributed by atoms with Gasteiger partial charge in [0.15, 0.2) is 0 Å². The first kappa shape index (κ1) is 24.7. The quantitative estimate of drug-likeness (QED) is 0.228. The number of Topliss-reactive ketones (excluding diaryl/α,β-unsaturated/α-hetero) is 1. The molecule has 2 aromatic rings. The Morgan fingerprint density at radius 2 is 1.91 bits per heavy atom. The lowest BCUT2D eigenvalue weighted by Crippen LogP contribution is -2.32. The summed E-state index contributed by atoms with van der Waals surface area (Å²) >= 11 is 3.43. The van der Waals surface area contributed by atoms with Gasteiger partial charge < -0.3 is 19.6 Å². The fourth-order valence-corrected chi connectivity index (χ4v) is 4.22. The van der Waals surface area contributed by atoms with E-state index >= 15 is 0 Å². The van der Waals surface area contributed by atoms with Crippen LogP contribution in [0.4, 0.5) is 0 Å². The van der Waals surface area contributed by atoms with Crippen molar-refractivity contribution in [3.63, 3.8) is 0 Å². The van der Waals surface area contributed by atoms with E-state index in [1.165, 1.54) is 0 Å². The monoisotopic (exact) mass is 512 g/mol. The van der Waals surface area contributed by atoms with Gasteiger partial charge in [-0.25, -0.2) is 0 Å². The molecule has 7 heteroatoms. The van der Waals surface area contributed by atoms with E-state index in [1.807, 2.05) is 50.2 Å². The van der Waals surface area contributed by atoms with Crippen LogP contribution in [0, 0.1) is 6.92 Å². The van der Waals surface area contributed by atoms with Crippen molar-refractivity contribution in [3.8, 4) is 5.75 Å². The number of halogens is 1.